The molecule has 2 aliphatic rings. The second-order valence-corrected chi connectivity index (χ2v) is 11.2. The molecule has 1 aromatic heterocycles. The third-order valence-electron chi connectivity index (χ3n) is 7.37. The highest BCUT2D eigenvalue weighted by Crippen LogP contribution is 2.45. The molecule has 0 bridgehead atoms. The van der Waals surface area contributed by atoms with Crippen LogP contribution in [-0.2, 0) is 16.0 Å². The minimum atomic E-state index is -0.884. The minimum absolute atomic E-state index is 0.0124. The van der Waals surface area contributed by atoms with Gasteiger partial charge in [-0.05, 0) is 73.0 Å². The topological polar surface area (TPSA) is 98.2 Å². The largest absolute Gasteiger partial charge is 0.507 e. The number of anilines is 1. The Balaban J connectivity index is 1.47. The van der Waals surface area contributed by atoms with Crippen molar-refractivity contribution >= 4 is 44.1 Å². The van der Waals surface area contributed by atoms with Crippen molar-refractivity contribution in [2.75, 3.05) is 18.6 Å². The Hall–Kier alpha value is -4.37. The quantitative estimate of drug-likeness (QED) is 0.113. The molecule has 0 unspecified atom stereocenters. The van der Waals surface area contributed by atoms with E-state index in [4.69, 9.17) is 19.2 Å². The van der Waals surface area contributed by atoms with Crippen molar-refractivity contribution in [1.29, 1.82) is 0 Å². The molecular formula is C32H30N2O6S. The van der Waals surface area contributed by atoms with Gasteiger partial charge in [0.25, 0.3) is 5.78 Å². The molecule has 210 valence electrons. The summed E-state index contributed by atoms with van der Waals surface area (Å²) >= 11 is 1.29. The standard InChI is InChI=1S/C32H30N2O6S/c1-4-5-14-39-22-9-6-19(7-10-22)28-27(29(35)20-8-13-25-21(16-20)15-18(2)40-25)30(36)31(37)34(28)32-33-24-12-11-23(38-3)17-26(24)41-32/h6-13,16-18,28,35H,4-5,14-15H2,1-3H3/b29-27+/t18-,28+/m1/s1. The summed E-state index contributed by atoms with van der Waals surface area (Å²) in [6.07, 6.45) is 2.69. The van der Waals surface area contributed by atoms with Crippen LogP contribution in [-0.4, -0.2) is 41.6 Å². The van der Waals surface area contributed by atoms with E-state index in [9.17, 15) is 14.7 Å². The van der Waals surface area contributed by atoms with Crippen LogP contribution in [0.15, 0.2) is 66.2 Å². The van der Waals surface area contributed by atoms with Crippen molar-refractivity contribution in [3.63, 3.8) is 0 Å². The Labute approximate surface area is 241 Å². The van der Waals surface area contributed by atoms with Crippen molar-refractivity contribution in [1.82, 2.24) is 4.98 Å². The number of fused-ring (bicyclic) bond motifs is 2. The molecule has 3 heterocycles. The fraction of sp³-hybridized carbons (Fsp3) is 0.281. The fourth-order valence-corrected chi connectivity index (χ4v) is 6.29. The molecule has 2 atom stereocenters. The molecule has 9 heteroatoms. The Morgan fingerprint density at radius 2 is 1.88 bits per heavy atom. The molecule has 4 aromatic rings. The molecule has 1 saturated heterocycles. The molecule has 0 spiro atoms. The summed E-state index contributed by atoms with van der Waals surface area (Å²) in [5.41, 5.74) is 2.75. The summed E-state index contributed by atoms with van der Waals surface area (Å²) in [6, 6.07) is 17.2. The minimum Gasteiger partial charge on any atom is -0.507 e. The number of unbranched alkanes of at least 4 members (excludes halogenated alkanes) is 1. The highest BCUT2D eigenvalue weighted by Gasteiger charge is 2.48. The summed E-state index contributed by atoms with van der Waals surface area (Å²) < 4.78 is 17.8. The fourth-order valence-electron chi connectivity index (χ4n) is 5.27. The second-order valence-electron chi connectivity index (χ2n) is 10.2. The molecule has 0 aliphatic carbocycles. The molecule has 3 aromatic carbocycles. The first-order valence-corrected chi connectivity index (χ1v) is 14.5. The second kappa shape index (κ2) is 10.9. The number of hydrogen-bond acceptors (Lipinski definition) is 8. The average molecular weight is 571 g/mol. The van der Waals surface area contributed by atoms with Crippen LogP contribution < -0.4 is 19.1 Å². The van der Waals surface area contributed by atoms with Gasteiger partial charge in [0.1, 0.15) is 29.1 Å². The number of aliphatic hydroxyl groups excluding tert-OH is 1. The third kappa shape index (κ3) is 4.91. The zero-order valence-corrected chi connectivity index (χ0v) is 23.9. The Bertz CT molecular complexity index is 1680. The van der Waals surface area contributed by atoms with Crippen molar-refractivity contribution < 1.29 is 28.9 Å². The number of carbonyl (C=O) groups is 2. The maximum Gasteiger partial charge on any atom is 0.301 e. The number of methoxy groups -OCH3 is 1. The van der Waals surface area contributed by atoms with E-state index in [0.29, 0.717) is 46.3 Å². The van der Waals surface area contributed by atoms with Gasteiger partial charge in [-0.25, -0.2) is 4.98 Å². The smallest absolute Gasteiger partial charge is 0.301 e. The number of thiazole rings is 1. The van der Waals surface area contributed by atoms with Crippen LogP contribution in [0, 0.1) is 0 Å². The predicted molar refractivity (Wildman–Crippen MR) is 158 cm³/mol. The van der Waals surface area contributed by atoms with E-state index in [0.717, 1.165) is 28.9 Å². The van der Waals surface area contributed by atoms with E-state index in [-0.39, 0.29) is 17.4 Å². The average Bonchev–Trinajstić information content (AvgIpc) is 3.64. The van der Waals surface area contributed by atoms with Crippen LogP contribution in [0.2, 0.25) is 0 Å². The molecule has 0 radical (unpaired) electrons. The van der Waals surface area contributed by atoms with Gasteiger partial charge in [0.2, 0.25) is 0 Å². The Morgan fingerprint density at radius 3 is 2.63 bits per heavy atom. The first kappa shape index (κ1) is 26.8. The number of amides is 1. The number of aliphatic hydroxyl groups is 1. The molecule has 0 saturated carbocycles. The molecule has 6 rings (SSSR count). The van der Waals surface area contributed by atoms with Gasteiger partial charge in [0.15, 0.2) is 5.13 Å². The molecular weight excluding hydrogens is 540 g/mol. The first-order chi connectivity index (χ1) is 19.9. The lowest BCUT2D eigenvalue weighted by Crippen LogP contribution is -2.29. The van der Waals surface area contributed by atoms with Gasteiger partial charge in [-0.3, -0.25) is 14.5 Å². The van der Waals surface area contributed by atoms with E-state index < -0.39 is 17.7 Å². The summed E-state index contributed by atoms with van der Waals surface area (Å²) in [4.78, 5) is 33.3. The molecule has 41 heavy (non-hydrogen) atoms. The third-order valence-corrected chi connectivity index (χ3v) is 8.38. The number of rotatable bonds is 8. The van der Waals surface area contributed by atoms with Gasteiger partial charge in [0, 0.05) is 12.0 Å². The summed E-state index contributed by atoms with van der Waals surface area (Å²) in [6.45, 7) is 4.68. The van der Waals surface area contributed by atoms with Crippen molar-refractivity contribution in [3.8, 4) is 17.2 Å². The lowest BCUT2D eigenvalue weighted by atomic mass is 9.94. The lowest BCUT2D eigenvalue weighted by molar-refractivity contribution is -0.132. The molecule has 8 nitrogen and oxygen atoms in total. The number of Topliss-reactive ketones (excluding diaryl/α,β-unsaturated/α-hetero) is 1. The van der Waals surface area contributed by atoms with Crippen LogP contribution in [0.25, 0.3) is 16.0 Å². The van der Waals surface area contributed by atoms with E-state index in [2.05, 4.69) is 6.92 Å². The first-order valence-electron chi connectivity index (χ1n) is 13.7. The van der Waals surface area contributed by atoms with E-state index >= 15 is 0 Å². The molecule has 2 aliphatic heterocycles. The van der Waals surface area contributed by atoms with Crippen LogP contribution in [0.3, 0.4) is 0 Å². The van der Waals surface area contributed by atoms with Gasteiger partial charge in [0.05, 0.1) is 35.5 Å². The highest BCUT2D eigenvalue weighted by atomic mass is 32.1. The Kier molecular flexibility index (Phi) is 7.13. The van der Waals surface area contributed by atoms with Gasteiger partial charge in [-0.2, -0.15) is 0 Å². The number of ketones is 1. The summed E-state index contributed by atoms with van der Waals surface area (Å²) in [5, 5.41) is 11.9. The number of hydrogen-bond donors (Lipinski definition) is 1. The van der Waals surface area contributed by atoms with Gasteiger partial charge >= 0.3 is 5.91 Å². The van der Waals surface area contributed by atoms with Crippen molar-refractivity contribution in [2.24, 2.45) is 0 Å². The van der Waals surface area contributed by atoms with Crippen LogP contribution in [0.1, 0.15) is 49.4 Å². The number of nitrogens with zero attached hydrogens (tertiary/aromatic N) is 2. The Morgan fingerprint density at radius 1 is 1.10 bits per heavy atom. The van der Waals surface area contributed by atoms with Crippen molar-refractivity contribution in [3.05, 3.63) is 82.9 Å². The maximum atomic E-state index is 13.6. The van der Waals surface area contributed by atoms with Crippen molar-refractivity contribution in [2.45, 2.75) is 45.3 Å². The van der Waals surface area contributed by atoms with E-state index in [1.54, 1.807) is 25.3 Å². The number of benzene rings is 3. The number of ether oxygens (including phenoxy) is 3. The van der Waals surface area contributed by atoms with Gasteiger partial charge in [-0.15, -0.1) is 0 Å². The summed E-state index contributed by atoms with van der Waals surface area (Å²) in [5.74, 6) is 0.374. The van der Waals surface area contributed by atoms with Crippen LogP contribution in [0.5, 0.6) is 17.2 Å². The monoisotopic (exact) mass is 570 g/mol. The van der Waals surface area contributed by atoms with E-state index in [1.807, 2.05) is 49.4 Å². The molecule has 1 fully saturated rings. The number of carbonyl (C=O) groups excluding carboxylic acids is 2. The zero-order valence-electron chi connectivity index (χ0n) is 23.0. The van der Waals surface area contributed by atoms with Gasteiger partial charge in [-0.1, -0.05) is 36.8 Å². The molecule has 1 N–H and O–H groups in total. The lowest BCUT2D eigenvalue weighted by Gasteiger charge is -2.23. The normalized spacial score (nSPS) is 19.4. The number of aromatic nitrogens is 1. The SMILES string of the molecule is CCCCOc1ccc([C@H]2/C(=C(\O)c3ccc4c(c3)C[C@@H](C)O4)C(=O)C(=O)N2c2nc3ccc(OC)cc3s2)cc1. The highest BCUT2D eigenvalue weighted by molar-refractivity contribution is 7.22. The summed E-state index contributed by atoms with van der Waals surface area (Å²) in [7, 11) is 1.59. The van der Waals surface area contributed by atoms with Crippen LogP contribution in [0.4, 0.5) is 5.13 Å². The maximum absolute atomic E-state index is 13.6. The molecule has 1 amide bonds. The van der Waals surface area contributed by atoms with E-state index in [1.165, 1.54) is 16.2 Å². The zero-order chi connectivity index (χ0) is 28.7. The van der Waals surface area contributed by atoms with Crippen LogP contribution >= 0.6 is 11.3 Å². The van der Waals surface area contributed by atoms with Gasteiger partial charge < -0.3 is 19.3 Å². The predicted octanol–water partition coefficient (Wildman–Crippen LogP) is 6.43.